The monoisotopic (exact) mass is 509 g/mol. The molecule has 0 atom stereocenters. The Morgan fingerprint density at radius 1 is 1.03 bits per heavy atom. The van der Waals surface area contributed by atoms with E-state index in [1.165, 1.54) is 6.20 Å². The standard InChI is InChI=1S/C24H18ClF2N7O2/c1-13-3-18(10-28-9-13)34-23(35)30-22(29-21-6-15-12-32(2)31-20(15)8-19(21)25)33(24(34)36)11-14-4-16(26)7-17(27)5-14/h3-10,12H,11H2,1-2H3,(H,29,30,35). The lowest BCUT2D eigenvalue weighted by molar-refractivity contribution is 0.574. The number of pyridine rings is 1. The van der Waals surface area contributed by atoms with E-state index >= 15 is 0 Å². The van der Waals surface area contributed by atoms with Crippen LogP contribution >= 0.6 is 11.6 Å². The first kappa shape index (κ1) is 23.4. The minimum Gasteiger partial charge on any atom is -0.324 e. The van der Waals surface area contributed by atoms with Gasteiger partial charge in [0.25, 0.3) is 0 Å². The molecule has 0 aliphatic heterocycles. The van der Waals surface area contributed by atoms with Gasteiger partial charge in [0.1, 0.15) is 11.6 Å². The van der Waals surface area contributed by atoms with Crippen molar-refractivity contribution < 1.29 is 8.78 Å². The molecule has 3 aromatic heterocycles. The third-order valence-corrected chi connectivity index (χ3v) is 5.72. The highest BCUT2D eigenvalue weighted by Gasteiger charge is 2.18. The summed E-state index contributed by atoms with van der Waals surface area (Å²) < 4.78 is 31.3. The Balaban J connectivity index is 1.69. The average Bonchev–Trinajstić information content (AvgIpc) is 3.14. The number of benzene rings is 2. The summed E-state index contributed by atoms with van der Waals surface area (Å²) in [7, 11) is 1.76. The second-order valence-electron chi connectivity index (χ2n) is 8.24. The minimum absolute atomic E-state index is 0.154. The van der Waals surface area contributed by atoms with Crippen LogP contribution in [0, 0.1) is 18.6 Å². The lowest BCUT2D eigenvalue weighted by Gasteiger charge is -2.16. The van der Waals surface area contributed by atoms with E-state index in [1.54, 1.807) is 49.2 Å². The fourth-order valence-corrected chi connectivity index (χ4v) is 4.09. The van der Waals surface area contributed by atoms with Crippen LogP contribution in [-0.2, 0) is 13.6 Å². The average molecular weight is 510 g/mol. The summed E-state index contributed by atoms with van der Waals surface area (Å²) in [6.07, 6.45) is 4.70. The summed E-state index contributed by atoms with van der Waals surface area (Å²) in [5.41, 5.74) is 0.437. The van der Waals surface area contributed by atoms with Crippen LogP contribution in [0.5, 0.6) is 0 Å². The molecule has 5 aromatic rings. The normalized spacial score (nSPS) is 11.2. The van der Waals surface area contributed by atoms with Crippen molar-refractivity contribution in [2.45, 2.75) is 13.5 Å². The Morgan fingerprint density at radius 3 is 2.50 bits per heavy atom. The van der Waals surface area contributed by atoms with Crippen LogP contribution in [0.2, 0.25) is 5.02 Å². The van der Waals surface area contributed by atoms with Crippen molar-refractivity contribution in [2.75, 3.05) is 5.32 Å². The van der Waals surface area contributed by atoms with Gasteiger partial charge in [0.2, 0.25) is 5.95 Å². The molecule has 2 aromatic carbocycles. The van der Waals surface area contributed by atoms with Gasteiger partial charge in [-0.1, -0.05) is 11.6 Å². The first-order valence-electron chi connectivity index (χ1n) is 10.7. The maximum Gasteiger partial charge on any atom is 0.359 e. The molecule has 1 N–H and O–H groups in total. The summed E-state index contributed by atoms with van der Waals surface area (Å²) >= 11 is 6.42. The molecule has 3 heterocycles. The molecular weight excluding hydrogens is 492 g/mol. The molecule has 36 heavy (non-hydrogen) atoms. The smallest absolute Gasteiger partial charge is 0.324 e. The first-order chi connectivity index (χ1) is 17.2. The van der Waals surface area contributed by atoms with E-state index in [0.29, 0.717) is 11.2 Å². The van der Waals surface area contributed by atoms with Gasteiger partial charge in [-0.25, -0.2) is 22.9 Å². The number of hydrogen-bond donors (Lipinski definition) is 1. The maximum atomic E-state index is 13.9. The van der Waals surface area contributed by atoms with E-state index in [0.717, 1.165) is 38.3 Å². The van der Waals surface area contributed by atoms with Gasteiger partial charge in [-0.05, 0) is 48.4 Å². The van der Waals surface area contributed by atoms with Crippen LogP contribution in [0.4, 0.5) is 20.4 Å². The van der Waals surface area contributed by atoms with Gasteiger partial charge in [0.15, 0.2) is 0 Å². The Morgan fingerprint density at radius 2 is 1.78 bits per heavy atom. The predicted molar refractivity (Wildman–Crippen MR) is 131 cm³/mol. The third-order valence-electron chi connectivity index (χ3n) is 5.41. The molecule has 0 aliphatic rings. The van der Waals surface area contributed by atoms with Crippen LogP contribution in [0.3, 0.4) is 0 Å². The quantitative estimate of drug-likeness (QED) is 0.388. The molecule has 9 nitrogen and oxygen atoms in total. The van der Waals surface area contributed by atoms with Gasteiger partial charge in [-0.15, -0.1) is 0 Å². The van der Waals surface area contributed by atoms with E-state index in [2.05, 4.69) is 20.4 Å². The van der Waals surface area contributed by atoms with E-state index in [9.17, 15) is 18.4 Å². The van der Waals surface area contributed by atoms with Gasteiger partial charge in [0.05, 0.1) is 34.7 Å². The molecule has 0 unspecified atom stereocenters. The Labute approximate surface area is 207 Å². The number of halogens is 3. The number of fused-ring (bicyclic) bond motifs is 1. The number of aromatic nitrogens is 6. The molecule has 0 fully saturated rings. The molecule has 182 valence electrons. The molecule has 0 saturated heterocycles. The van der Waals surface area contributed by atoms with E-state index < -0.39 is 23.0 Å². The predicted octanol–water partition coefficient (Wildman–Crippen LogP) is 3.71. The van der Waals surface area contributed by atoms with E-state index in [4.69, 9.17) is 11.6 Å². The maximum absolute atomic E-state index is 13.9. The SMILES string of the molecule is Cc1cncc(-n2c(=O)nc(Nc3cc4cn(C)nc4cc3Cl)n(Cc3cc(F)cc(F)c3)c2=O)c1. The van der Waals surface area contributed by atoms with E-state index in [1.807, 2.05) is 0 Å². The van der Waals surface area contributed by atoms with Crippen LogP contribution in [0.1, 0.15) is 11.1 Å². The fraction of sp³-hybridized carbons (Fsp3) is 0.125. The molecule has 5 rings (SSSR count). The highest BCUT2D eigenvalue weighted by atomic mass is 35.5. The van der Waals surface area contributed by atoms with E-state index in [-0.39, 0.29) is 28.8 Å². The lowest BCUT2D eigenvalue weighted by atomic mass is 10.2. The van der Waals surface area contributed by atoms with Crippen LogP contribution < -0.4 is 16.7 Å². The largest absolute Gasteiger partial charge is 0.359 e. The summed E-state index contributed by atoms with van der Waals surface area (Å²) in [4.78, 5) is 34.7. The Bertz CT molecular complexity index is 1740. The second kappa shape index (κ2) is 9.00. The molecular formula is C24H18ClF2N7O2. The Hall–Kier alpha value is -4.38. The molecule has 0 bridgehead atoms. The topological polar surface area (TPSA) is 99.6 Å². The van der Waals surface area contributed by atoms with Crippen LogP contribution in [-0.4, -0.2) is 28.9 Å². The van der Waals surface area contributed by atoms with Crippen molar-refractivity contribution in [2.24, 2.45) is 7.05 Å². The molecule has 12 heteroatoms. The number of aryl methyl sites for hydroxylation is 2. The summed E-state index contributed by atoms with van der Waals surface area (Å²) in [6.45, 7) is 1.48. The van der Waals surface area contributed by atoms with Crippen molar-refractivity contribution in [3.63, 3.8) is 0 Å². The minimum atomic E-state index is -0.866. The molecule has 0 radical (unpaired) electrons. The second-order valence-corrected chi connectivity index (χ2v) is 8.65. The van der Waals surface area contributed by atoms with Gasteiger partial charge in [-0.3, -0.25) is 14.2 Å². The van der Waals surface area contributed by atoms with Gasteiger partial charge in [0, 0.05) is 30.9 Å². The molecule has 0 aliphatic carbocycles. The summed E-state index contributed by atoms with van der Waals surface area (Å²) in [5.74, 6) is -1.76. The molecule has 0 saturated carbocycles. The van der Waals surface area contributed by atoms with Crippen molar-refractivity contribution in [1.29, 1.82) is 0 Å². The number of hydrogen-bond acceptors (Lipinski definition) is 6. The zero-order valence-electron chi connectivity index (χ0n) is 19.0. The number of nitrogens with one attached hydrogen (secondary N) is 1. The zero-order chi connectivity index (χ0) is 25.6. The molecule has 0 amide bonds. The van der Waals surface area contributed by atoms with Crippen molar-refractivity contribution in [1.82, 2.24) is 28.9 Å². The fourth-order valence-electron chi connectivity index (χ4n) is 3.88. The molecule has 0 spiro atoms. The van der Waals surface area contributed by atoms with Gasteiger partial charge < -0.3 is 5.32 Å². The lowest BCUT2D eigenvalue weighted by Crippen LogP contribution is -2.41. The first-order valence-corrected chi connectivity index (χ1v) is 11.1. The summed E-state index contributed by atoms with van der Waals surface area (Å²) in [5, 5.41) is 8.25. The zero-order valence-corrected chi connectivity index (χ0v) is 19.8. The Kier molecular flexibility index (Phi) is 5.84. The van der Waals surface area contributed by atoms with Gasteiger partial charge in [-0.2, -0.15) is 10.1 Å². The highest BCUT2D eigenvalue weighted by Crippen LogP contribution is 2.29. The highest BCUT2D eigenvalue weighted by molar-refractivity contribution is 6.34. The van der Waals surface area contributed by atoms with Gasteiger partial charge >= 0.3 is 11.4 Å². The third kappa shape index (κ3) is 4.48. The number of rotatable bonds is 5. The van der Waals surface area contributed by atoms with Crippen molar-refractivity contribution >= 4 is 34.1 Å². The number of anilines is 2. The van der Waals surface area contributed by atoms with Crippen molar-refractivity contribution in [3.8, 4) is 5.69 Å². The number of nitrogens with zero attached hydrogens (tertiary/aromatic N) is 6. The van der Waals surface area contributed by atoms with Crippen molar-refractivity contribution in [3.05, 3.63) is 104 Å². The van der Waals surface area contributed by atoms with Crippen LogP contribution in [0.25, 0.3) is 16.6 Å². The van der Waals surface area contributed by atoms with Crippen LogP contribution in [0.15, 0.2) is 64.6 Å². The summed E-state index contributed by atoms with van der Waals surface area (Å²) in [6, 6.07) is 7.84.